The molecule has 1 N–H and O–H groups in total. The third-order valence-corrected chi connectivity index (χ3v) is 7.03. The lowest BCUT2D eigenvalue weighted by Gasteiger charge is -2.35. The summed E-state index contributed by atoms with van der Waals surface area (Å²) < 4.78 is 24.9. The predicted molar refractivity (Wildman–Crippen MR) is 93.0 cm³/mol. The first-order chi connectivity index (χ1) is 11.3. The lowest BCUT2D eigenvalue weighted by atomic mass is 9.86. The highest BCUT2D eigenvalue weighted by atomic mass is 35.5. The lowest BCUT2D eigenvalue weighted by molar-refractivity contribution is -0.0663. The van der Waals surface area contributed by atoms with Gasteiger partial charge in [0.1, 0.15) is 5.60 Å². The van der Waals surface area contributed by atoms with Gasteiger partial charge in [0.05, 0.1) is 6.26 Å². The number of hydroxylamine groups is 1. The van der Waals surface area contributed by atoms with E-state index in [-0.39, 0.29) is 5.41 Å². The highest BCUT2D eigenvalue weighted by Crippen LogP contribution is 2.55. The van der Waals surface area contributed by atoms with Crippen molar-refractivity contribution >= 4 is 21.6 Å². The van der Waals surface area contributed by atoms with Crippen molar-refractivity contribution in [3.05, 3.63) is 46.6 Å². The van der Waals surface area contributed by atoms with E-state index < -0.39 is 15.6 Å². The smallest absolute Gasteiger partial charge is 0.211 e. The highest BCUT2D eigenvalue weighted by molar-refractivity contribution is 7.88. The first-order valence-electron chi connectivity index (χ1n) is 8.22. The molecule has 130 valence electrons. The fraction of sp³-hybridized carbons (Fsp3) is 0.529. The monoisotopic (exact) mass is 368 g/mol. The van der Waals surface area contributed by atoms with Crippen LogP contribution in [0.2, 0.25) is 5.02 Å². The zero-order valence-corrected chi connectivity index (χ0v) is 15.2. The van der Waals surface area contributed by atoms with Gasteiger partial charge in [-0.1, -0.05) is 23.7 Å². The van der Waals surface area contributed by atoms with Crippen LogP contribution in [0, 0.1) is 0 Å². The fourth-order valence-corrected chi connectivity index (χ4v) is 4.74. The molecule has 0 aromatic heterocycles. The Labute approximate surface area is 147 Å². The van der Waals surface area contributed by atoms with Crippen LogP contribution in [0.1, 0.15) is 31.2 Å². The normalized spacial score (nSPS) is 25.3. The van der Waals surface area contributed by atoms with Gasteiger partial charge < -0.3 is 0 Å². The van der Waals surface area contributed by atoms with E-state index in [2.05, 4.69) is 23.7 Å². The third-order valence-electron chi connectivity index (χ3n) is 5.47. The average molecular weight is 369 g/mol. The van der Waals surface area contributed by atoms with E-state index in [9.17, 15) is 8.42 Å². The zero-order chi connectivity index (χ0) is 17.0. The van der Waals surface area contributed by atoms with Gasteiger partial charge in [0.25, 0.3) is 0 Å². The summed E-state index contributed by atoms with van der Waals surface area (Å²) in [6.45, 7) is 0.997. The Bertz CT molecular complexity index is 777. The molecule has 4 rings (SSSR count). The van der Waals surface area contributed by atoms with E-state index in [1.807, 2.05) is 12.1 Å². The summed E-state index contributed by atoms with van der Waals surface area (Å²) in [5.74, 6) is 0. The van der Waals surface area contributed by atoms with Crippen LogP contribution in [-0.2, 0) is 20.3 Å². The third kappa shape index (κ3) is 2.75. The molecular formula is C17H21ClN2O3S. The predicted octanol–water partition coefficient (Wildman–Crippen LogP) is 2.58. The van der Waals surface area contributed by atoms with Crippen molar-refractivity contribution in [1.29, 1.82) is 0 Å². The van der Waals surface area contributed by atoms with Crippen LogP contribution in [-0.4, -0.2) is 37.7 Å². The number of allylic oxidation sites excluding steroid dienone is 1. The van der Waals surface area contributed by atoms with Gasteiger partial charge in [0.15, 0.2) is 0 Å². The van der Waals surface area contributed by atoms with Crippen molar-refractivity contribution in [2.75, 3.05) is 19.3 Å². The number of nitrogens with zero attached hydrogens (tertiary/aromatic N) is 1. The summed E-state index contributed by atoms with van der Waals surface area (Å²) in [6, 6.07) is 8.01. The molecule has 5 nitrogen and oxygen atoms in total. The Morgan fingerprint density at radius 3 is 2.29 bits per heavy atom. The minimum atomic E-state index is -3.12. The first-order valence-corrected chi connectivity index (χ1v) is 10.4. The molecule has 24 heavy (non-hydrogen) atoms. The van der Waals surface area contributed by atoms with E-state index in [1.54, 1.807) is 0 Å². The summed E-state index contributed by atoms with van der Waals surface area (Å²) in [5.41, 5.74) is 5.12. The van der Waals surface area contributed by atoms with E-state index in [0.717, 1.165) is 23.6 Å². The van der Waals surface area contributed by atoms with Crippen LogP contribution < -0.4 is 5.48 Å². The molecule has 1 aliphatic carbocycles. The zero-order valence-electron chi connectivity index (χ0n) is 13.6. The van der Waals surface area contributed by atoms with Gasteiger partial charge in [-0.2, -0.15) is 0 Å². The van der Waals surface area contributed by atoms with E-state index >= 15 is 0 Å². The minimum absolute atomic E-state index is 0.00204. The SMILES string of the molecule is CS(=O)(=O)N1CCC2(C=C(C3(c4ccc(Cl)cc4)CC3)NO2)CC1. The molecule has 1 spiro atoms. The Kier molecular flexibility index (Phi) is 3.73. The molecule has 2 fully saturated rings. The molecule has 0 radical (unpaired) electrons. The topological polar surface area (TPSA) is 58.6 Å². The van der Waals surface area contributed by atoms with Crippen LogP contribution in [0.25, 0.3) is 0 Å². The lowest BCUT2D eigenvalue weighted by Crippen LogP contribution is -2.46. The molecule has 2 aliphatic heterocycles. The molecule has 0 unspecified atom stereocenters. The summed E-state index contributed by atoms with van der Waals surface area (Å²) >= 11 is 6.00. The van der Waals surface area contributed by atoms with Gasteiger partial charge >= 0.3 is 0 Å². The standard InChI is InChI=1S/C17H21ClN2O3S/c1-24(21,22)20-10-8-16(9-11-20)12-15(19-23-16)17(6-7-17)13-2-4-14(18)5-3-13/h2-5,12,19H,6-11H2,1H3. The van der Waals surface area contributed by atoms with E-state index in [4.69, 9.17) is 16.4 Å². The maximum Gasteiger partial charge on any atom is 0.211 e. The molecule has 7 heteroatoms. The summed E-state index contributed by atoms with van der Waals surface area (Å²) in [4.78, 5) is 5.94. The second-order valence-corrected chi connectivity index (χ2v) is 9.50. The van der Waals surface area contributed by atoms with E-state index in [1.165, 1.54) is 16.1 Å². The quantitative estimate of drug-likeness (QED) is 0.890. The Morgan fingerprint density at radius 2 is 1.75 bits per heavy atom. The number of sulfonamides is 1. The van der Waals surface area contributed by atoms with Gasteiger partial charge in [-0.05, 0) is 49.5 Å². The molecule has 2 heterocycles. The molecule has 0 bridgehead atoms. The maximum absolute atomic E-state index is 11.7. The van der Waals surface area contributed by atoms with Crippen LogP contribution in [0.5, 0.6) is 0 Å². The van der Waals surface area contributed by atoms with Crippen LogP contribution in [0.15, 0.2) is 36.0 Å². The second kappa shape index (κ2) is 5.46. The molecule has 1 saturated carbocycles. The first kappa shape index (κ1) is 16.4. The van der Waals surface area contributed by atoms with Gasteiger partial charge in [-0.25, -0.2) is 12.7 Å². The Hall–Kier alpha value is -1.08. The highest BCUT2D eigenvalue weighted by Gasteiger charge is 2.52. The summed E-state index contributed by atoms with van der Waals surface area (Å²) in [6.07, 6.45) is 6.97. The van der Waals surface area contributed by atoms with Crippen molar-refractivity contribution in [3.63, 3.8) is 0 Å². The number of rotatable bonds is 3. The molecule has 1 aromatic carbocycles. The number of halogens is 1. The number of piperidine rings is 1. The van der Waals surface area contributed by atoms with Crippen LogP contribution >= 0.6 is 11.6 Å². The minimum Gasteiger partial charge on any atom is -0.270 e. The summed E-state index contributed by atoms with van der Waals surface area (Å²) in [5, 5.41) is 0.740. The molecule has 0 atom stereocenters. The number of hydrogen-bond acceptors (Lipinski definition) is 4. The molecule has 1 aromatic rings. The molecule has 0 amide bonds. The number of benzene rings is 1. The van der Waals surface area contributed by atoms with Gasteiger partial charge in [-0.3, -0.25) is 10.3 Å². The van der Waals surface area contributed by atoms with Crippen molar-refractivity contribution < 1.29 is 13.3 Å². The van der Waals surface area contributed by atoms with Crippen molar-refractivity contribution in [2.45, 2.75) is 36.7 Å². The van der Waals surface area contributed by atoms with E-state index in [0.29, 0.717) is 25.9 Å². The van der Waals surface area contributed by atoms with Crippen LogP contribution in [0.4, 0.5) is 0 Å². The van der Waals surface area contributed by atoms with Gasteiger partial charge in [0.2, 0.25) is 10.0 Å². The number of hydrogen-bond donors (Lipinski definition) is 1. The average Bonchev–Trinajstić information content (AvgIpc) is 3.25. The number of nitrogens with one attached hydrogen (secondary N) is 1. The Balaban J connectivity index is 1.55. The molecular weight excluding hydrogens is 348 g/mol. The molecule has 3 aliphatic rings. The van der Waals surface area contributed by atoms with Crippen molar-refractivity contribution in [1.82, 2.24) is 9.79 Å². The van der Waals surface area contributed by atoms with Crippen LogP contribution in [0.3, 0.4) is 0 Å². The maximum atomic E-state index is 11.7. The second-order valence-electron chi connectivity index (χ2n) is 7.08. The van der Waals surface area contributed by atoms with Crippen molar-refractivity contribution in [3.8, 4) is 0 Å². The fourth-order valence-electron chi connectivity index (χ4n) is 3.76. The molecule has 1 saturated heterocycles. The van der Waals surface area contributed by atoms with Crippen molar-refractivity contribution in [2.24, 2.45) is 0 Å². The van der Waals surface area contributed by atoms with Gasteiger partial charge in [-0.15, -0.1) is 0 Å². The Morgan fingerprint density at radius 1 is 1.12 bits per heavy atom. The van der Waals surface area contributed by atoms with Gasteiger partial charge in [0, 0.05) is 29.2 Å². The summed E-state index contributed by atoms with van der Waals surface area (Å²) in [7, 11) is -3.12. The largest absolute Gasteiger partial charge is 0.270 e.